The van der Waals surface area contributed by atoms with Crippen LogP contribution in [0.15, 0.2) is 0 Å². The van der Waals surface area contributed by atoms with Gasteiger partial charge in [-0.15, -0.1) is 0 Å². The van der Waals surface area contributed by atoms with Gasteiger partial charge in [0.05, 0.1) is 0 Å². The SMILES string of the molecule is CC1([N+](=O)[O-])SC(=S)N(N2CCCCC2)C1=O. The van der Waals surface area contributed by atoms with E-state index in [0.717, 1.165) is 44.1 Å². The van der Waals surface area contributed by atoms with Gasteiger partial charge in [-0.05, 0) is 24.6 Å². The molecule has 0 radical (unpaired) electrons. The molecule has 0 saturated carbocycles. The van der Waals surface area contributed by atoms with E-state index < -0.39 is 15.7 Å². The highest BCUT2D eigenvalue weighted by Gasteiger charge is 2.59. The number of thiocarbonyl (C=S) groups is 1. The first-order valence-electron chi connectivity index (χ1n) is 5.43. The van der Waals surface area contributed by atoms with Gasteiger partial charge in [-0.3, -0.25) is 14.9 Å². The van der Waals surface area contributed by atoms with Gasteiger partial charge < -0.3 is 0 Å². The third-order valence-corrected chi connectivity index (χ3v) is 4.50. The van der Waals surface area contributed by atoms with Gasteiger partial charge in [-0.25, -0.2) is 10.0 Å². The maximum atomic E-state index is 12.1. The summed E-state index contributed by atoms with van der Waals surface area (Å²) in [5.74, 6) is -0.528. The molecule has 94 valence electrons. The number of rotatable bonds is 2. The minimum Gasteiger partial charge on any atom is -0.263 e. The molecule has 2 aliphatic heterocycles. The van der Waals surface area contributed by atoms with Crippen molar-refractivity contribution in [1.29, 1.82) is 0 Å². The zero-order chi connectivity index (χ0) is 12.6. The van der Waals surface area contributed by atoms with Crippen molar-refractivity contribution >= 4 is 34.2 Å². The smallest absolute Gasteiger partial charge is 0.263 e. The molecule has 0 spiro atoms. The standard InChI is InChI=1S/C9H13N3O3S2/c1-9(12(14)15)7(13)11(8(16)17-9)10-5-3-2-4-6-10/h2-6H2,1H3. The Hall–Kier alpha value is -0.730. The van der Waals surface area contributed by atoms with E-state index in [4.69, 9.17) is 12.2 Å². The van der Waals surface area contributed by atoms with Crippen LogP contribution in [0.5, 0.6) is 0 Å². The molecular weight excluding hydrogens is 262 g/mol. The summed E-state index contributed by atoms with van der Waals surface area (Å²) >= 11 is 5.94. The van der Waals surface area contributed by atoms with Crippen molar-refractivity contribution in [2.45, 2.75) is 31.1 Å². The minimum absolute atomic E-state index is 0.288. The van der Waals surface area contributed by atoms with Gasteiger partial charge in [0, 0.05) is 24.9 Å². The van der Waals surface area contributed by atoms with Crippen molar-refractivity contribution in [3.05, 3.63) is 10.1 Å². The highest BCUT2D eigenvalue weighted by molar-refractivity contribution is 8.24. The molecule has 2 heterocycles. The molecule has 0 aliphatic carbocycles. The van der Waals surface area contributed by atoms with E-state index in [1.54, 1.807) is 0 Å². The first-order valence-corrected chi connectivity index (χ1v) is 6.66. The molecule has 17 heavy (non-hydrogen) atoms. The van der Waals surface area contributed by atoms with Crippen LogP contribution < -0.4 is 0 Å². The topological polar surface area (TPSA) is 66.7 Å². The molecule has 0 N–H and O–H groups in total. The molecule has 2 saturated heterocycles. The highest BCUT2D eigenvalue weighted by atomic mass is 32.2. The normalized spacial score (nSPS) is 31.0. The molecular formula is C9H13N3O3S2. The van der Waals surface area contributed by atoms with E-state index in [0.29, 0.717) is 0 Å². The van der Waals surface area contributed by atoms with E-state index in [-0.39, 0.29) is 4.32 Å². The Balaban J connectivity index is 2.22. The molecule has 0 bridgehead atoms. The Morgan fingerprint density at radius 2 is 2.00 bits per heavy atom. The maximum absolute atomic E-state index is 12.1. The number of hydrazine groups is 1. The van der Waals surface area contributed by atoms with Crippen molar-refractivity contribution in [3.8, 4) is 0 Å². The van der Waals surface area contributed by atoms with Crippen LogP contribution in [0.1, 0.15) is 26.2 Å². The van der Waals surface area contributed by atoms with Crippen molar-refractivity contribution in [2.75, 3.05) is 13.1 Å². The Labute approximate surface area is 108 Å². The molecule has 6 nitrogen and oxygen atoms in total. The van der Waals surface area contributed by atoms with Gasteiger partial charge in [-0.2, -0.15) is 0 Å². The molecule has 1 atom stereocenters. The third-order valence-electron chi connectivity index (χ3n) is 3.01. The summed E-state index contributed by atoms with van der Waals surface area (Å²) in [5.41, 5.74) is 0. The van der Waals surface area contributed by atoms with E-state index >= 15 is 0 Å². The molecule has 8 heteroatoms. The lowest BCUT2D eigenvalue weighted by molar-refractivity contribution is -0.518. The lowest BCUT2D eigenvalue weighted by Gasteiger charge is -2.33. The van der Waals surface area contributed by atoms with Crippen LogP contribution in [-0.4, -0.2) is 43.1 Å². The van der Waals surface area contributed by atoms with Gasteiger partial charge in [0.25, 0.3) is 0 Å². The van der Waals surface area contributed by atoms with Crippen molar-refractivity contribution in [3.63, 3.8) is 0 Å². The minimum atomic E-state index is -1.66. The van der Waals surface area contributed by atoms with Gasteiger partial charge in [0.1, 0.15) is 0 Å². The number of thioether (sulfide) groups is 1. The number of nitrogens with zero attached hydrogens (tertiary/aromatic N) is 3. The molecule has 0 aromatic rings. The summed E-state index contributed by atoms with van der Waals surface area (Å²) in [6.07, 6.45) is 3.11. The largest absolute Gasteiger partial charge is 0.349 e. The molecule has 1 unspecified atom stereocenters. The fourth-order valence-electron chi connectivity index (χ4n) is 1.97. The molecule has 0 aromatic heterocycles. The highest BCUT2D eigenvalue weighted by Crippen LogP contribution is 2.39. The molecule has 1 amide bonds. The van der Waals surface area contributed by atoms with Crippen LogP contribution >= 0.6 is 24.0 Å². The predicted molar refractivity (Wildman–Crippen MR) is 67.9 cm³/mol. The number of carbonyl (C=O) groups excluding carboxylic acids is 1. The average molecular weight is 275 g/mol. The van der Waals surface area contributed by atoms with Crippen LogP contribution in [0.3, 0.4) is 0 Å². The summed E-state index contributed by atoms with van der Waals surface area (Å²) in [4.78, 5) is 20.9. The number of carbonyl (C=O) groups is 1. The quantitative estimate of drug-likeness (QED) is 0.429. The molecule has 2 rings (SSSR count). The number of nitro groups is 1. The van der Waals surface area contributed by atoms with Gasteiger partial charge >= 0.3 is 10.8 Å². The fourth-order valence-corrected chi connectivity index (χ4v) is 3.53. The second-order valence-electron chi connectivity index (χ2n) is 4.24. The summed E-state index contributed by atoms with van der Waals surface area (Å²) < 4.78 is 0.288. The number of hydrogen-bond acceptors (Lipinski definition) is 6. The van der Waals surface area contributed by atoms with Crippen LogP contribution in [0.2, 0.25) is 0 Å². The van der Waals surface area contributed by atoms with Crippen LogP contribution in [0.25, 0.3) is 0 Å². The summed E-state index contributed by atoms with van der Waals surface area (Å²) in [7, 11) is 0. The van der Waals surface area contributed by atoms with Crippen LogP contribution in [0, 0.1) is 10.1 Å². The second-order valence-corrected chi connectivity index (χ2v) is 6.27. The zero-order valence-corrected chi connectivity index (χ0v) is 11.1. The summed E-state index contributed by atoms with van der Waals surface area (Å²) in [6, 6.07) is 0. The lowest BCUT2D eigenvalue weighted by atomic mass is 10.2. The van der Waals surface area contributed by atoms with Crippen molar-refractivity contribution in [2.24, 2.45) is 0 Å². The van der Waals surface area contributed by atoms with E-state index in [1.165, 1.54) is 11.9 Å². The van der Waals surface area contributed by atoms with Crippen molar-refractivity contribution < 1.29 is 9.72 Å². The van der Waals surface area contributed by atoms with E-state index in [2.05, 4.69) is 0 Å². The van der Waals surface area contributed by atoms with E-state index in [1.807, 2.05) is 5.01 Å². The third kappa shape index (κ3) is 2.04. The van der Waals surface area contributed by atoms with Gasteiger partial charge in [-0.1, -0.05) is 18.6 Å². The van der Waals surface area contributed by atoms with Gasteiger partial charge in [0.2, 0.25) is 0 Å². The van der Waals surface area contributed by atoms with Gasteiger partial charge in [0.15, 0.2) is 4.32 Å². The first kappa shape index (κ1) is 12.7. The number of amides is 1. The number of hydrogen-bond donors (Lipinski definition) is 0. The molecule has 2 aliphatic rings. The molecule has 2 fully saturated rings. The van der Waals surface area contributed by atoms with Crippen LogP contribution in [-0.2, 0) is 4.79 Å². The lowest BCUT2D eigenvalue weighted by Crippen LogP contribution is -2.52. The first-order chi connectivity index (χ1) is 7.97. The second kappa shape index (κ2) is 4.51. The summed E-state index contributed by atoms with van der Waals surface area (Å²) in [5, 5.41) is 14.1. The van der Waals surface area contributed by atoms with Crippen molar-refractivity contribution in [1.82, 2.24) is 10.0 Å². The summed E-state index contributed by atoms with van der Waals surface area (Å²) in [6.45, 7) is 2.79. The fraction of sp³-hybridized carbons (Fsp3) is 0.778. The zero-order valence-electron chi connectivity index (χ0n) is 9.42. The Morgan fingerprint density at radius 1 is 1.41 bits per heavy atom. The van der Waals surface area contributed by atoms with E-state index in [9.17, 15) is 14.9 Å². The average Bonchev–Trinajstić information content (AvgIpc) is 2.52. The Kier molecular flexibility index (Phi) is 3.37. The maximum Gasteiger partial charge on any atom is 0.349 e. The monoisotopic (exact) mass is 275 g/mol. The van der Waals surface area contributed by atoms with Crippen LogP contribution in [0.4, 0.5) is 0 Å². The Bertz CT molecular complexity index is 384. The number of piperidine rings is 1. The Morgan fingerprint density at radius 3 is 2.47 bits per heavy atom. The predicted octanol–water partition coefficient (Wildman–Crippen LogP) is 1.24. The molecule has 0 aromatic carbocycles.